The van der Waals surface area contributed by atoms with Crippen LogP contribution < -0.4 is 5.32 Å². The van der Waals surface area contributed by atoms with Gasteiger partial charge in [0, 0.05) is 0 Å². The first-order valence-corrected chi connectivity index (χ1v) is 7.37. The van der Waals surface area contributed by atoms with Gasteiger partial charge < -0.3 is 10.1 Å². The topological polar surface area (TPSA) is 82.4 Å². The van der Waals surface area contributed by atoms with Gasteiger partial charge in [0.1, 0.15) is 13.2 Å². The van der Waals surface area contributed by atoms with E-state index in [1.54, 1.807) is 18.2 Å². The fourth-order valence-electron chi connectivity index (χ4n) is 1.99. The summed E-state index contributed by atoms with van der Waals surface area (Å²) in [5, 5.41) is 10.9. The molecule has 0 aliphatic heterocycles. The minimum absolute atomic E-state index is 0.0612. The summed E-state index contributed by atoms with van der Waals surface area (Å²) >= 11 is 0. The van der Waals surface area contributed by atoms with Gasteiger partial charge in [-0.05, 0) is 11.1 Å². The van der Waals surface area contributed by atoms with Crippen LogP contribution >= 0.6 is 0 Å². The Morgan fingerprint density at radius 3 is 2.17 bits per heavy atom. The normalized spacial score (nSPS) is 9.62. The fraction of sp³-hybridized carbons (Fsp3) is 0.167. The van der Waals surface area contributed by atoms with Crippen LogP contribution in [-0.2, 0) is 17.9 Å². The van der Waals surface area contributed by atoms with Crippen LogP contribution in [0.1, 0.15) is 11.1 Å². The van der Waals surface area contributed by atoms with Crippen molar-refractivity contribution in [3.63, 3.8) is 0 Å². The standard InChI is InChI=1S/C18H17N3O3/c19-11-12-20-17(22)21(13-15-7-3-1-4-8-15)18(23)24-14-16-9-5-2-6-10-16/h1-10H,12-14H2,(H,20,22). The van der Waals surface area contributed by atoms with Crippen molar-refractivity contribution >= 4 is 12.1 Å². The molecule has 1 N–H and O–H groups in total. The molecule has 0 aromatic heterocycles. The van der Waals surface area contributed by atoms with Crippen molar-refractivity contribution in [2.24, 2.45) is 0 Å². The van der Waals surface area contributed by atoms with E-state index in [4.69, 9.17) is 10.00 Å². The number of hydrogen-bond acceptors (Lipinski definition) is 4. The number of nitriles is 1. The first-order chi connectivity index (χ1) is 11.7. The Hall–Kier alpha value is -3.33. The number of carbonyl (C=O) groups excluding carboxylic acids is 2. The highest BCUT2D eigenvalue weighted by atomic mass is 16.6. The maximum absolute atomic E-state index is 12.3. The summed E-state index contributed by atoms with van der Waals surface area (Å²) in [7, 11) is 0. The van der Waals surface area contributed by atoms with E-state index in [1.807, 2.05) is 48.5 Å². The molecular weight excluding hydrogens is 306 g/mol. The van der Waals surface area contributed by atoms with Gasteiger partial charge >= 0.3 is 12.1 Å². The van der Waals surface area contributed by atoms with Crippen LogP contribution in [0.15, 0.2) is 60.7 Å². The largest absolute Gasteiger partial charge is 0.444 e. The third-order valence-electron chi connectivity index (χ3n) is 3.17. The zero-order valence-electron chi connectivity index (χ0n) is 13.0. The zero-order valence-corrected chi connectivity index (χ0v) is 13.0. The summed E-state index contributed by atoms with van der Waals surface area (Å²) in [4.78, 5) is 25.3. The van der Waals surface area contributed by atoms with Crippen molar-refractivity contribution < 1.29 is 14.3 Å². The maximum atomic E-state index is 12.3. The molecule has 0 saturated carbocycles. The highest BCUT2D eigenvalue weighted by molar-refractivity contribution is 5.90. The van der Waals surface area contributed by atoms with Gasteiger partial charge in [0.15, 0.2) is 0 Å². The van der Waals surface area contributed by atoms with E-state index in [9.17, 15) is 9.59 Å². The van der Waals surface area contributed by atoms with Crippen molar-refractivity contribution in [1.82, 2.24) is 10.2 Å². The van der Waals surface area contributed by atoms with Gasteiger partial charge in [-0.15, -0.1) is 0 Å². The minimum atomic E-state index is -0.766. The average Bonchev–Trinajstić information content (AvgIpc) is 2.64. The van der Waals surface area contributed by atoms with Crippen molar-refractivity contribution in [3.05, 3.63) is 71.8 Å². The third kappa shape index (κ3) is 5.14. The second-order valence-corrected chi connectivity index (χ2v) is 4.93. The molecule has 3 amide bonds. The number of benzene rings is 2. The molecule has 0 heterocycles. The number of imide groups is 1. The van der Waals surface area contributed by atoms with Crippen LogP contribution in [0.2, 0.25) is 0 Å². The molecule has 0 bridgehead atoms. The minimum Gasteiger partial charge on any atom is -0.444 e. The lowest BCUT2D eigenvalue weighted by Crippen LogP contribution is -2.43. The number of nitrogens with zero attached hydrogens (tertiary/aromatic N) is 2. The van der Waals surface area contributed by atoms with Gasteiger partial charge in [-0.3, -0.25) is 0 Å². The molecule has 2 rings (SSSR count). The van der Waals surface area contributed by atoms with E-state index in [0.29, 0.717) is 0 Å². The van der Waals surface area contributed by atoms with Gasteiger partial charge in [0.25, 0.3) is 0 Å². The first kappa shape index (κ1) is 17.0. The monoisotopic (exact) mass is 323 g/mol. The molecule has 0 saturated heterocycles. The smallest absolute Gasteiger partial charge is 0.418 e. The average molecular weight is 323 g/mol. The number of amides is 3. The summed E-state index contributed by atoms with van der Waals surface area (Å²) in [6.45, 7) is -0.0572. The zero-order chi connectivity index (χ0) is 17.2. The maximum Gasteiger partial charge on any atom is 0.418 e. The second kappa shape index (κ2) is 8.96. The molecule has 0 aliphatic carbocycles. The summed E-state index contributed by atoms with van der Waals surface area (Å²) in [5.41, 5.74) is 1.60. The molecule has 0 atom stereocenters. The Labute approximate surface area is 140 Å². The molecular formula is C18H17N3O3. The van der Waals surface area contributed by atoms with E-state index in [-0.39, 0.29) is 19.7 Å². The summed E-state index contributed by atoms with van der Waals surface area (Å²) in [5.74, 6) is 0. The predicted molar refractivity (Wildman–Crippen MR) is 87.6 cm³/mol. The van der Waals surface area contributed by atoms with Crippen LogP contribution in [0.5, 0.6) is 0 Å². The van der Waals surface area contributed by atoms with Gasteiger partial charge in [0.05, 0.1) is 12.6 Å². The van der Waals surface area contributed by atoms with Crippen LogP contribution in [0.25, 0.3) is 0 Å². The van der Waals surface area contributed by atoms with Gasteiger partial charge in [-0.1, -0.05) is 60.7 Å². The molecule has 0 fully saturated rings. The number of carbonyl (C=O) groups is 2. The first-order valence-electron chi connectivity index (χ1n) is 7.37. The second-order valence-electron chi connectivity index (χ2n) is 4.93. The molecule has 122 valence electrons. The Morgan fingerprint density at radius 2 is 1.58 bits per heavy atom. The van der Waals surface area contributed by atoms with Crippen LogP contribution in [0, 0.1) is 11.3 Å². The summed E-state index contributed by atoms with van der Waals surface area (Å²) in [6.07, 6.45) is -0.766. The molecule has 6 heteroatoms. The van der Waals surface area contributed by atoms with E-state index < -0.39 is 12.1 Å². The number of urea groups is 1. The highest BCUT2D eigenvalue weighted by Gasteiger charge is 2.23. The third-order valence-corrected chi connectivity index (χ3v) is 3.17. The SMILES string of the molecule is N#CCNC(=O)N(Cc1ccccc1)C(=O)OCc1ccccc1. The number of ether oxygens (including phenoxy) is 1. The Bertz CT molecular complexity index is 711. The lowest BCUT2D eigenvalue weighted by atomic mass is 10.2. The Balaban J connectivity index is 2.04. The van der Waals surface area contributed by atoms with Gasteiger partial charge in [-0.25, -0.2) is 14.5 Å². The summed E-state index contributed by atoms with van der Waals surface area (Å²) < 4.78 is 5.21. The molecule has 0 radical (unpaired) electrons. The van der Waals surface area contributed by atoms with Crippen molar-refractivity contribution in [2.75, 3.05) is 6.54 Å². The van der Waals surface area contributed by atoms with Gasteiger partial charge in [-0.2, -0.15) is 5.26 Å². The van der Waals surface area contributed by atoms with Crippen LogP contribution in [0.3, 0.4) is 0 Å². The lowest BCUT2D eigenvalue weighted by molar-refractivity contribution is 0.102. The lowest BCUT2D eigenvalue weighted by Gasteiger charge is -2.20. The van der Waals surface area contributed by atoms with Gasteiger partial charge in [0.2, 0.25) is 0 Å². The van der Waals surface area contributed by atoms with Crippen molar-refractivity contribution in [1.29, 1.82) is 5.26 Å². The number of nitrogens with one attached hydrogen (secondary N) is 1. The molecule has 2 aromatic rings. The molecule has 2 aromatic carbocycles. The molecule has 24 heavy (non-hydrogen) atoms. The fourth-order valence-corrected chi connectivity index (χ4v) is 1.99. The quantitative estimate of drug-likeness (QED) is 0.857. The number of rotatable bonds is 5. The van der Waals surface area contributed by atoms with E-state index in [1.165, 1.54) is 0 Å². The number of hydrogen-bond donors (Lipinski definition) is 1. The molecule has 0 unspecified atom stereocenters. The predicted octanol–water partition coefficient (Wildman–Crippen LogP) is 3.06. The van der Waals surface area contributed by atoms with E-state index in [2.05, 4.69) is 5.32 Å². The Kier molecular flexibility index (Phi) is 6.35. The van der Waals surface area contributed by atoms with Crippen molar-refractivity contribution in [3.8, 4) is 6.07 Å². The van der Waals surface area contributed by atoms with Crippen molar-refractivity contribution in [2.45, 2.75) is 13.2 Å². The van der Waals surface area contributed by atoms with Crippen LogP contribution in [0.4, 0.5) is 9.59 Å². The molecule has 6 nitrogen and oxygen atoms in total. The highest BCUT2D eigenvalue weighted by Crippen LogP contribution is 2.09. The van der Waals surface area contributed by atoms with E-state index in [0.717, 1.165) is 16.0 Å². The Morgan fingerprint density at radius 1 is 1.00 bits per heavy atom. The van der Waals surface area contributed by atoms with Crippen LogP contribution in [-0.4, -0.2) is 23.6 Å². The molecule has 0 spiro atoms. The summed E-state index contributed by atoms with van der Waals surface area (Å²) in [6, 6.07) is 19.4. The molecule has 0 aliphatic rings. The van der Waals surface area contributed by atoms with E-state index >= 15 is 0 Å².